The van der Waals surface area contributed by atoms with Gasteiger partial charge in [-0.25, -0.2) is 0 Å². The van der Waals surface area contributed by atoms with Crippen molar-refractivity contribution in [2.75, 3.05) is 0 Å². The van der Waals surface area contributed by atoms with E-state index in [1.807, 2.05) is 19.1 Å². The molecule has 54 valence electrons. The van der Waals surface area contributed by atoms with Crippen molar-refractivity contribution in [3.05, 3.63) is 29.6 Å². The molecule has 0 atom stereocenters. The summed E-state index contributed by atoms with van der Waals surface area (Å²) in [6.45, 7) is 2.66. The number of aryl methyl sites for hydroxylation is 1. The molecule has 0 saturated carbocycles. The lowest BCUT2D eigenvalue weighted by Gasteiger charge is -1.98. The van der Waals surface area contributed by atoms with Gasteiger partial charge in [-0.05, 0) is 24.6 Å². The van der Waals surface area contributed by atoms with Crippen LogP contribution in [-0.4, -0.2) is 4.98 Å². The summed E-state index contributed by atoms with van der Waals surface area (Å²) in [5, 5.41) is 0. The summed E-state index contributed by atoms with van der Waals surface area (Å²) in [4.78, 5) is 4.09. The molecular weight excluding hydrogens is 126 g/mol. The third-order valence-electron chi connectivity index (χ3n) is 1.26. The monoisotopic (exact) mass is 137 g/mol. The molecule has 3 N–H and O–H groups in total. The van der Waals surface area contributed by atoms with Crippen molar-refractivity contribution >= 4 is 0 Å². The molecule has 0 amide bonds. The van der Waals surface area contributed by atoms with E-state index in [4.69, 9.17) is 5.84 Å². The molecule has 3 nitrogen and oxygen atoms in total. The predicted octanol–water partition coefficient (Wildman–Crippen LogP) is 0.353. The molecule has 1 rings (SSSR count). The van der Waals surface area contributed by atoms with Crippen molar-refractivity contribution in [1.29, 1.82) is 0 Å². The van der Waals surface area contributed by atoms with Crippen LogP contribution in [0.3, 0.4) is 0 Å². The van der Waals surface area contributed by atoms with Gasteiger partial charge in [0.15, 0.2) is 0 Å². The Balaban J connectivity index is 2.75. The number of pyridine rings is 1. The number of hydrogen-bond acceptors (Lipinski definition) is 3. The molecule has 0 aliphatic rings. The lowest BCUT2D eigenvalue weighted by atomic mass is 10.2. The van der Waals surface area contributed by atoms with Crippen LogP contribution >= 0.6 is 0 Å². The molecule has 1 aromatic rings. The van der Waals surface area contributed by atoms with Gasteiger partial charge in [0.05, 0.1) is 12.2 Å². The van der Waals surface area contributed by atoms with Crippen molar-refractivity contribution < 1.29 is 0 Å². The van der Waals surface area contributed by atoms with Gasteiger partial charge in [0.25, 0.3) is 0 Å². The fourth-order valence-corrected chi connectivity index (χ4v) is 0.800. The molecule has 0 saturated heterocycles. The van der Waals surface area contributed by atoms with Crippen molar-refractivity contribution in [3.63, 3.8) is 0 Å². The van der Waals surface area contributed by atoms with Gasteiger partial charge in [-0.3, -0.25) is 16.3 Å². The van der Waals surface area contributed by atoms with E-state index in [9.17, 15) is 0 Å². The van der Waals surface area contributed by atoms with Crippen molar-refractivity contribution in [1.82, 2.24) is 10.4 Å². The number of hydrazine groups is 1. The number of nitrogens with zero attached hydrogens (tertiary/aromatic N) is 1. The van der Waals surface area contributed by atoms with Crippen LogP contribution in [0.2, 0.25) is 0 Å². The van der Waals surface area contributed by atoms with E-state index in [0.29, 0.717) is 6.54 Å². The zero-order valence-corrected chi connectivity index (χ0v) is 5.96. The minimum absolute atomic E-state index is 0.627. The third kappa shape index (κ3) is 1.79. The molecule has 0 unspecified atom stereocenters. The Morgan fingerprint density at radius 1 is 1.70 bits per heavy atom. The molecule has 0 aliphatic carbocycles. The first-order valence-electron chi connectivity index (χ1n) is 3.18. The maximum Gasteiger partial charge on any atom is 0.0558 e. The van der Waals surface area contributed by atoms with Gasteiger partial charge in [-0.15, -0.1) is 0 Å². The van der Waals surface area contributed by atoms with Crippen molar-refractivity contribution in [2.24, 2.45) is 5.84 Å². The highest BCUT2D eigenvalue weighted by molar-refractivity contribution is 5.13. The molecule has 0 fully saturated rings. The minimum Gasteiger partial charge on any atom is -0.271 e. The fraction of sp³-hybridized carbons (Fsp3) is 0.286. The van der Waals surface area contributed by atoms with E-state index < -0.39 is 0 Å². The van der Waals surface area contributed by atoms with Crippen LogP contribution in [0, 0.1) is 6.92 Å². The van der Waals surface area contributed by atoms with Crippen molar-refractivity contribution in [3.8, 4) is 0 Å². The van der Waals surface area contributed by atoms with E-state index in [-0.39, 0.29) is 0 Å². The Morgan fingerprint density at radius 2 is 2.50 bits per heavy atom. The zero-order valence-electron chi connectivity index (χ0n) is 5.96. The topological polar surface area (TPSA) is 50.9 Å². The molecule has 3 heteroatoms. The molecule has 0 bridgehead atoms. The summed E-state index contributed by atoms with van der Waals surface area (Å²) in [5.41, 5.74) is 4.73. The molecule has 0 aromatic carbocycles. The molecule has 1 aromatic heterocycles. The van der Waals surface area contributed by atoms with Crippen molar-refractivity contribution in [2.45, 2.75) is 13.5 Å². The Bertz CT molecular complexity index is 210. The predicted molar refractivity (Wildman–Crippen MR) is 40.0 cm³/mol. The van der Waals surface area contributed by atoms with Crippen LogP contribution in [0.15, 0.2) is 18.3 Å². The summed E-state index contributed by atoms with van der Waals surface area (Å²) in [5.74, 6) is 5.12. The van der Waals surface area contributed by atoms with Gasteiger partial charge in [0, 0.05) is 6.20 Å². The maximum absolute atomic E-state index is 5.12. The lowest BCUT2D eigenvalue weighted by molar-refractivity contribution is 0.722. The van der Waals surface area contributed by atoms with E-state index >= 15 is 0 Å². The van der Waals surface area contributed by atoms with E-state index in [1.165, 1.54) is 5.56 Å². The summed E-state index contributed by atoms with van der Waals surface area (Å²) in [7, 11) is 0. The zero-order chi connectivity index (χ0) is 7.40. The first kappa shape index (κ1) is 7.18. The van der Waals surface area contributed by atoms with Crippen LogP contribution in [-0.2, 0) is 6.54 Å². The molecule has 1 heterocycles. The largest absolute Gasteiger partial charge is 0.271 e. The smallest absolute Gasteiger partial charge is 0.0558 e. The number of aromatic nitrogens is 1. The van der Waals surface area contributed by atoms with Gasteiger partial charge in [0.2, 0.25) is 0 Å². The van der Waals surface area contributed by atoms with Crippen LogP contribution < -0.4 is 11.3 Å². The maximum atomic E-state index is 5.12. The second-order valence-corrected chi connectivity index (χ2v) is 2.21. The summed E-state index contributed by atoms with van der Waals surface area (Å²) >= 11 is 0. The number of rotatable bonds is 2. The van der Waals surface area contributed by atoms with Gasteiger partial charge in [-0.2, -0.15) is 0 Å². The van der Waals surface area contributed by atoms with Crippen LogP contribution in [0.1, 0.15) is 11.3 Å². The van der Waals surface area contributed by atoms with Crippen LogP contribution in [0.25, 0.3) is 0 Å². The average molecular weight is 137 g/mol. The molecule has 0 radical (unpaired) electrons. The summed E-state index contributed by atoms with van der Waals surface area (Å²) < 4.78 is 0. The first-order valence-corrected chi connectivity index (χ1v) is 3.18. The number of hydrogen-bond donors (Lipinski definition) is 2. The van der Waals surface area contributed by atoms with Gasteiger partial charge < -0.3 is 0 Å². The minimum atomic E-state index is 0.627. The lowest BCUT2D eigenvalue weighted by Crippen LogP contribution is -2.21. The quantitative estimate of drug-likeness (QED) is 0.457. The Morgan fingerprint density at radius 3 is 3.10 bits per heavy atom. The number of nitrogens with two attached hydrogens (primary N) is 1. The average Bonchev–Trinajstić information content (AvgIpc) is 1.88. The van der Waals surface area contributed by atoms with Gasteiger partial charge in [0.1, 0.15) is 0 Å². The standard InChI is InChI=1S/C7H11N3/c1-6-2-3-9-7(4-6)5-10-8/h2-4,10H,5,8H2,1H3. The first-order chi connectivity index (χ1) is 4.83. The summed E-state index contributed by atoms with van der Waals surface area (Å²) in [6.07, 6.45) is 1.78. The highest BCUT2D eigenvalue weighted by Gasteiger charge is 1.90. The molecule has 0 aliphatic heterocycles. The second kappa shape index (κ2) is 3.29. The van der Waals surface area contributed by atoms with E-state index in [2.05, 4.69) is 10.4 Å². The number of nitrogens with one attached hydrogen (secondary N) is 1. The van der Waals surface area contributed by atoms with Gasteiger partial charge in [-0.1, -0.05) is 0 Å². The van der Waals surface area contributed by atoms with E-state index in [1.54, 1.807) is 6.20 Å². The van der Waals surface area contributed by atoms with E-state index in [0.717, 1.165) is 5.69 Å². The second-order valence-electron chi connectivity index (χ2n) is 2.21. The third-order valence-corrected chi connectivity index (χ3v) is 1.26. The molecule has 10 heavy (non-hydrogen) atoms. The molecule has 0 spiro atoms. The summed E-state index contributed by atoms with van der Waals surface area (Å²) in [6, 6.07) is 3.96. The van der Waals surface area contributed by atoms with Gasteiger partial charge >= 0.3 is 0 Å². The SMILES string of the molecule is Cc1ccnc(CNN)c1. The Hall–Kier alpha value is -0.930. The normalized spacial score (nSPS) is 9.80. The molecular formula is C7H11N3. The Kier molecular flexibility index (Phi) is 2.36. The van der Waals surface area contributed by atoms with Crippen LogP contribution in [0.4, 0.5) is 0 Å². The highest BCUT2D eigenvalue weighted by Crippen LogP contribution is 1.97. The highest BCUT2D eigenvalue weighted by atomic mass is 15.2. The Labute approximate surface area is 60.2 Å². The fourth-order valence-electron chi connectivity index (χ4n) is 0.800. The van der Waals surface area contributed by atoms with Crippen LogP contribution in [0.5, 0.6) is 0 Å².